The van der Waals surface area contributed by atoms with Gasteiger partial charge >= 0.3 is 0 Å². The number of hydrogen-bond donors (Lipinski definition) is 1. The molecule has 0 spiro atoms. The van der Waals surface area contributed by atoms with Crippen molar-refractivity contribution in [2.45, 2.75) is 35.0 Å². The van der Waals surface area contributed by atoms with Crippen molar-refractivity contribution in [1.29, 1.82) is 0 Å². The summed E-state index contributed by atoms with van der Waals surface area (Å²) in [4.78, 5) is -0.0233. The van der Waals surface area contributed by atoms with Gasteiger partial charge in [0.15, 0.2) is 21.4 Å². The Labute approximate surface area is 160 Å². The Morgan fingerprint density at radius 1 is 1.11 bits per heavy atom. The minimum absolute atomic E-state index is 0.0233. The molecule has 2 aromatic carbocycles. The summed E-state index contributed by atoms with van der Waals surface area (Å²) in [6, 6.07) is 7.46. The molecule has 3 atom stereocenters. The van der Waals surface area contributed by atoms with Gasteiger partial charge in [0.1, 0.15) is 10.6 Å². The fourth-order valence-electron chi connectivity index (χ4n) is 4.32. The first kappa shape index (κ1) is 18.7. The Balaban J connectivity index is 2.02. The van der Waals surface area contributed by atoms with Crippen molar-refractivity contribution in [3.63, 3.8) is 0 Å². The number of aliphatic hydroxyl groups excluding tert-OH is 1. The Hall–Kier alpha value is -1.70. The first-order valence-corrected chi connectivity index (χ1v) is 10.4. The molecule has 1 aliphatic carbocycles. The van der Waals surface area contributed by atoms with E-state index in [1.807, 2.05) is 0 Å². The summed E-state index contributed by atoms with van der Waals surface area (Å²) in [6.07, 6.45) is -0.452. The van der Waals surface area contributed by atoms with Crippen LogP contribution in [0, 0.1) is 17.6 Å². The summed E-state index contributed by atoms with van der Waals surface area (Å²) in [5, 5.41) is 10.4. The van der Waals surface area contributed by atoms with E-state index in [9.17, 15) is 22.3 Å². The number of sulfone groups is 1. The highest BCUT2D eigenvalue weighted by atomic mass is 35.5. The van der Waals surface area contributed by atoms with E-state index in [2.05, 4.69) is 0 Å². The second-order valence-corrected chi connectivity index (χ2v) is 9.66. The third-order valence-corrected chi connectivity index (χ3v) is 8.42. The zero-order valence-electron chi connectivity index (χ0n) is 14.2. The molecule has 144 valence electrons. The quantitative estimate of drug-likeness (QED) is 0.811. The SMILES string of the molecule is O=S(=O)(c1ccc(Cl)cc1)[C@]12CCC(O)CC1COc1c(F)ccc(F)c12. The molecule has 1 fully saturated rings. The van der Waals surface area contributed by atoms with Crippen molar-refractivity contribution in [2.75, 3.05) is 6.61 Å². The number of ether oxygens (including phenoxy) is 1. The van der Waals surface area contributed by atoms with Crippen molar-refractivity contribution in [2.24, 2.45) is 5.92 Å². The van der Waals surface area contributed by atoms with Gasteiger partial charge in [-0.3, -0.25) is 0 Å². The molecule has 4 nitrogen and oxygen atoms in total. The van der Waals surface area contributed by atoms with Gasteiger partial charge in [0.25, 0.3) is 0 Å². The molecule has 1 aliphatic heterocycles. The lowest BCUT2D eigenvalue weighted by atomic mass is 9.72. The largest absolute Gasteiger partial charge is 0.490 e. The van der Waals surface area contributed by atoms with Crippen molar-refractivity contribution < 1.29 is 27.0 Å². The third-order valence-electron chi connectivity index (χ3n) is 5.58. The van der Waals surface area contributed by atoms with Crippen LogP contribution in [0.25, 0.3) is 0 Å². The van der Waals surface area contributed by atoms with Crippen molar-refractivity contribution >= 4 is 21.4 Å². The molecule has 2 aromatic rings. The summed E-state index contributed by atoms with van der Waals surface area (Å²) >= 11 is 5.87. The molecule has 1 N–H and O–H groups in total. The molecule has 1 saturated carbocycles. The maximum Gasteiger partial charge on any atom is 0.188 e. The van der Waals surface area contributed by atoms with Crippen LogP contribution in [0.15, 0.2) is 41.3 Å². The van der Waals surface area contributed by atoms with Crippen LogP contribution in [0.4, 0.5) is 8.78 Å². The van der Waals surface area contributed by atoms with E-state index in [0.29, 0.717) is 5.02 Å². The van der Waals surface area contributed by atoms with Gasteiger partial charge in [0, 0.05) is 10.9 Å². The minimum atomic E-state index is -4.13. The van der Waals surface area contributed by atoms with Crippen molar-refractivity contribution in [3.05, 3.63) is 58.6 Å². The minimum Gasteiger partial charge on any atom is -0.490 e. The summed E-state index contributed by atoms with van der Waals surface area (Å²) < 4.78 is 60.4. The molecule has 8 heteroatoms. The molecule has 0 aromatic heterocycles. The lowest BCUT2D eigenvalue weighted by Gasteiger charge is -2.48. The number of fused-ring (bicyclic) bond motifs is 3. The molecule has 1 heterocycles. The molecule has 0 radical (unpaired) electrons. The van der Waals surface area contributed by atoms with E-state index < -0.39 is 38.2 Å². The molecular weight excluding hydrogens is 398 g/mol. The second kappa shape index (κ2) is 6.43. The summed E-state index contributed by atoms with van der Waals surface area (Å²) in [5.41, 5.74) is -0.277. The van der Waals surface area contributed by atoms with Crippen LogP contribution in [-0.2, 0) is 14.6 Å². The van der Waals surface area contributed by atoms with Gasteiger partial charge in [-0.25, -0.2) is 17.2 Å². The van der Waals surface area contributed by atoms with Gasteiger partial charge in [-0.05, 0) is 55.7 Å². The van der Waals surface area contributed by atoms with Crippen LogP contribution in [-0.4, -0.2) is 26.2 Å². The number of benzene rings is 2. The number of rotatable bonds is 2. The van der Waals surface area contributed by atoms with Crippen molar-refractivity contribution in [1.82, 2.24) is 0 Å². The Kier molecular flexibility index (Phi) is 4.44. The maximum absolute atomic E-state index is 14.9. The highest BCUT2D eigenvalue weighted by Gasteiger charge is 2.59. The predicted octanol–water partition coefficient (Wildman–Crippen LogP) is 3.84. The summed E-state index contributed by atoms with van der Waals surface area (Å²) in [6.45, 7) is -0.114. The molecule has 27 heavy (non-hydrogen) atoms. The Morgan fingerprint density at radius 3 is 2.48 bits per heavy atom. The first-order valence-electron chi connectivity index (χ1n) is 8.57. The Morgan fingerprint density at radius 2 is 1.78 bits per heavy atom. The van der Waals surface area contributed by atoms with E-state index in [-0.39, 0.29) is 42.1 Å². The van der Waals surface area contributed by atoms with E-state index >= 15 is 0 Å². The highest BCUT2D eigenvalue weighted by molar-refractivity contribution is 7.92. The molecule has 0 bridgehead atoms. The summed E-state index contributed by atoms with van der Waals surface area (Å²) in [5.74, 6) is -2.70. The van der Waals surface area contributed by atoms with Gasteiger partial charge < -0.3 is 9.84 Å². The van der Waals surface area contributed by atoms with Gasteiger partial charge in [0.05, 0.1) is 23.2 Å². The van der Waals surface area contributed by atoms with Crippen LogP contribution in [0.1, 0.15) is 24.8 Å². The number of halogens is 3. The predicted molar refractivity (Wildman–Crippen MR) is 95.5 cm³/mol. The van der Waals surface area contributed by atoms with Gasteiger partial charge in [-0.2, -0.15) is 0 Å². The highest BCUT2D eigenvalue weighted by Crippen LogP contribution is 2.56. The topological polar surface area (TPSA) is 63.6 Å². The van der Waals surface area contributed by atoms with E-state index in [1.54, 1.807) is 0 Å². The maximum atomic E-state index is 14.9. The number of aliphatic hydroxyl groups is 1. The zero-order valence-corrected chi connectivity index (χ0v) is 15.7. The van der Waals surface area contributed by atoms with E-state index in [1.165, 1.54) is 24.3 Å². The summed E-state index contributed by atoms with van der Waals surface area (Å²) in [7, 11) is -4.13. The molecule has 0 saturated heterocycles. The second-order valence-electron chi connectivity index (χ2n) is 7.02. The molecule has 4 rings (SSSR count). The zero-order chi connectivity index (χ0) is 19.4. The first-order chi connectivity index (χ1) is 12.8. The fourth-order valence-corrected chi connectivity index (χ4v) is 6.81. The van der Waals surface area contributed by atoms with Gasteiger partial charge in [0.2, 0.25) is 0 Å². The van der Waals surface area contributed by atoms with Crippen molar-refractivity contribution in [3.8, 4) is 5.75 Å². The van der Waals surface area contributed by atoms with E-state index in [0.717, 1.165) is 12.1 Å². The van der Waals surface area contributed by atoms with Crippen LogP contribution in [0.2, 0.25) is 5.02 Å². The fraction of sp³-hybridized carbons (Fsp3) is 0.368. The average molecular weight is 415 g/mol. The van der Waals surface area contributed by atoms with Crippen LogP contribution in [0.3, 0.4) is 0 Å². The lowest BCUT2D eigenvalue weighted by Crippen LogP contribution is -2.53. The van der Waals surface area contributed by atoms with Crippen LogP contribution in [0.5, 0.6) is 5.75 Å². The van der Waals surface area contributed by atoms with Gasteiger partial charge in [-0.1, -0.05) is 11.6 Å². The molecule has 2 aliphatic rings. The smallest absolute Gasteiger partial charge is 0.188 e. The monoisotopic (exact) mass is 414 g/mol. The molecule has 0 amide bonds. The normalized spacial score (nSPS) is 27.4. The molecular formula is C19H17ClF2O4S. The third kappa shape index (κ3) is 2.67. The Bertz CT molecular complexity index is 994. The molecule has 2 unspecified atom stereocenters. The van der Waals surface area contributed by atoms with Gasteiger partial charge in [-0.15, -0.1) is 0 Å². The number of hydrogen-bond acceptors (Lipinski definition) is 4. The van der Waals surface area contributed by atoms with Crippen LogP contribution < -0.4 is 4.74 Å². The van der Waals surface area contributed by atoms with Crippen LogP contribution >= 0.6 is 11.6 Å². The lowest BCUT2D eigenvalue weighted by molar-refractivity contribution is 0.0395. The standard InChI is InChI=1S/C19H17ClF2O4S/c20-12-1-3-14(4-2-12)27(24,25)19-8-7-13(23)9-11(19)10-26-18-16(22)6-5-15(21)17(18)19/h1-6,11,13,23H,7-10H2/t11?,13?,19-/m1/s1. The van der Waals surface area contributed by atoms with E-state index in [4.69, 9.17) is 16.3 Å². The average Bonchev–Trinajstić information content (AvgIpc) is 2.64.